The zero-order chi connectivity index (χ0) is 16.8. The fraction of sp³-hybridized carbons (Fsp3) is 0.167. The molecule has 3 rings (SSSR count). The molecule has 0 fully saturated rings. The van der Waals surface area contributed by atoms with Crippen molar-refractivity contribution in [2.45, 2.75) is 6.54 Å². The number of pyridine rings is 1. The van der Waals surface area contributed by atoms with E-state index in [-0.39, 0.29) is 0 Å². The molecule has 0 radical (unpaired) electrons. The summed E-state index contributed by atoms with van der Waals surface area (Å²) >= 11 is 0. The molecule has 0 atom stereocenters. The molecule has 3 aromatic rings. The van der Waals surface area contributed by atoms with Crippen LogP contribution >= 0.6 is 0 Å². The van der Waals surface area contributed by atoms with Gasteiger partial charge in [0.25, 0.3) is 0 Å². The molecule has 0 aliphatic carbocycles. The van der Waals surface area contributed by atoms with Gasteiger partial charge in [0.15, 0.2) is 0 Å². The molecule has 0 bridgehead atoms. The largest absolute Gasteiger partial charge is 0.496 e. The van der Waals surface area contributed by atoms with Crippen molar-refractivity contribution in [3.8, 4) is 17.0 Å². The third-order valence-electron chi connectivity index (χ3n) is 3.58. The van der Waals surface area contributed by atoms with Gasteiger partial charge in [0.05, 0.1) is 12.8 Å². The van der Waals surface area contributed by atoms with Gasteiger partial charge in [-0.1, -0.05) is 18.2 Å². The van der Waals surface area contributed by atoms with Crippen molar-refractivity contribution in [3.63, 3.8) is 0 Å². The maximum Gasteiger partial charge on any atom is 0.224 e. The van der Waals surface area contributed by atoms with E-state index < -0.39 is 0 Å². The Labute approximate surface area is 141 Å². The highest BCUT2D eigenvalue weighted by Crippen LogP contribution is 2.22. The smallest absolute Gasteiger partial charge is 0.224 e. The molecule has 2 heterocycles. The Balaban J connectivity index is 1.85. The number of rotatable bonds is 6. The second-order valence-electron chi connectivity index (χ2n) is 5.11. The highest BCUT2D eigenvalue weighted by Gasteiger charge is 2.07. The fourth-order valence-corrected chi connectivity index (χ4v) is 2.35. The second-order valence-corrected chi connectivity index (χ2v) is 5.11. The highest BCUT2D eigenvalue weighted by molar-refractivity contribution is 5.63. The van der Waals surface area contributed by atoms with E-state index in [0.717, 1.165) is 28.4 Å². The van der Waals surface area contributed by atoms with Crippen molar-refractivity contribution in [3.05, 3.63) is 60.4 Å². The molecular formula is C18H19N5O. The van der Waals surface area contributed by atoms with Crippen molar-refractivity contribution in [2.24, 2.45) is 0 Å². The van der Waals surface area contributed by atoms with Crippen LogP contribution in [0.15, 0.2) is 54.9 Å². The van der Waals surface area contributed by atoms with Gasteiger partial charge in [0, 0.05) is 43.2 Å². The third-order valence-corrected chi connectivity index (χ3v) is 3.58. The van der Waals surface area contributed by atoms with Gasteiger partial charge >= 0.3 is 0 Å². The first-order valence-corrected chi connectivity index (χ1v) is 7.63. The summed E-state index contributed by atoms with van der Waals surface area (Å²) in [6.07, 6.45) is 3.50. The van der Waals surface area contributed by atoms with Gasteiger partial charge in [0.1, 0.15) is 11.6 Å². The Morgan fingerprint density at radius 1 is 1.04 bits per heavy atom. The van der Waals surface area contributed by atoms with Crippen molar-refractivity contribution >= 4 is 11.8 Å². The van der Waals surface area contributed by atoms with Crippen LogP contribution in [-0.2, 0) is 6.54 Å². The van der Waals surface area contributed by atoms with Crippen LogP contribution in [0.2, 0.25) is 0 Å². The summed E-state index contributed by atoms with van der Waals surface area (Å²) < 4.78 is 5.38. The van der Waals surface area contributed by atoms with Crippen LogP contribution in [0.3, 0.4) is 0 Å². The number of methoxy groups -OCH3 is 1. The fourth-order valence-electron chi connectivity index (χ4n) is 2.35. The molecule has 2 aromatic heterocycles. The summed E-state index contributed by atoms with van der Waals surface area (Å²) in [5, 5.41) is 6.33. The quantitative estimate of drug-likeness (QED) is 0.726. The number of para-hydroxylation sites is 1. The zero-order valence-corrected chi connectivity index (χ0v) is 13.7. The average molecular weight is 321 g/mol. The first kappa shape index (κ1) is 15.7. The lowest BCUT2D eigenvalue weighted by Crippen LogP contribution is -2.06. The van der Waals surface area contributed by atoms with Crippen LogP contribution in [-0.4, -0.2) is 29.1 Å². The summed E-state index contributed by atoms with van der Waals surface area (Å²) in [5.41, 5.74) is 2.89. The highest BCUT2D eigenvalue weighted by atomic mass is 16.5. The second kappa shape index (κ2) is 7.41. The number of hydrogen-bond acceptors (Lipinski definition) is 6. The monoisotopic (exact) mass is 321 g/mol. The zero-order valence-electron chi connectivity index (χ0n) is 13.7. The van der Waals surface area contributed by atoms with Crippen LogP contribution in [0.4, 0.5) is 11.8 Å². The minimum atomic E-state index is 0.562. The topological polar surface area (TPSA) is 72.0 Å². The molecule has 0 aliphatic rings. The van der Waals surface area contributed by atoms with Crippen molar-refractivity contribution in [2.75, 3.05) is 24.8 Å². The number of aromatic nitrogens is 3. The molecule has 0 spiro atoms. The van der Waals surface area contributed by atoms with Gasteiger partial charge in [-0.15, -0.1) is 0 Å². The summed E-state index contributed by atoms with van der Waals surface area (Å²) in [6, 6.07) is 13.7. The molecule has 6 nitrogen and oxygen atoms in total. The van der Waals surface area contributed by atoms with Crippen LogP contribution in [0.5, 0.6) is 5.75 Å². The Kier molecular flexibility index (Phi) is 4.86. The van der Waals surface area contributed by atoms with Crippen molar-refractivity contribution in [1.29, 1.82) is 0 Å². The van der Waals surface area contributed by atoms with E-state index in [1.54, 1.807) is 26.6 Å². The number of benzene rings is 1. The summed E-state index contributed by atoms with van der Waals surface area (Å²) in [4.78, 5) is 13.0. The van der Waals surface area contributed by atoms with Crippen LogP contribution in [0.1, 0.15) is 5.56 Å². The lowest BCUT2D eigenvalue weighted by Gasteiger charge is -2.12. The minimum Gasteiger partial charge on any atom is -0.496 e. The molecule has 0 amide bonds. The predicted molar refractivity (Wildman–Crippen MR) is 95.1 cm³/mol. The Morgan fingerprint density at radius 3 is 2.58 bits per heavy atom. The first-order valence-electron chi connectivity index (χ1n) is 7.63. The lowest BCUT2D eigenvalue weighted by molar-refractivity contribution is 0.410. The maximum absolute atomic E-state index is 5.38. The lowest BCUT2D eigenvalue weighted by atomic mass is 10.2. The van der Waals surface area contributed by atoms with E-state index in [1.807, 2.05) is 42.5 Å². The molecule has 24 heavy (non-hydrogen) atoms. The summed E-state index contributed by atoms with van der Waals surface area (Å²) in [7, 11) is 3.47. The van der Waals surface area contributed by atoms with E-state index in [1.165, 1.54) is 0 Å². The summed E-state index contributed by atoms with van der Waals surface area (Å²) in [6.45, 7) is 0.611. The Bertz CT molecular complexity index is 808. The third kappa shape index (κ3) is 3.60. The van der Waals surface area contributed by atoms with Gasteiger partial charge in [-0.2, -0.15) is 4.98 Å². The van der Waals surface area contributed by atoms with Crippen LogP contribution in [0.25, 0.3) is 11.3 Å². The molecular weight excluding hydrogens is 302 g/mol. The van der Waals surface area contributed by atoms with E-state index >= 15 is 0 Å². The summed E-state index contributed by atoms with van der Waals surface area (Å²) in [5.74, 6) is 2.15. The van der Waals surface area contributed by atoms with Gasteiger partial charge in [-0.3, -0.25) is 4.98 Å². The molecule has 2 N–H and O–H groups in total. The van der Waals surface area contributed by atoms with Gasteiger partial charge in [-0.05, 0) is 18.2 Å². The minimum absolute atomic E-state index is 0.562. The molecule has 0 saturated carbocycles. The standard InChI is InChI=1S/C18H19N5O/c1-19-18-22-15(13-7-9-20-10-8-13)11-17(23-18)21-12-14-5-3-4-6-16(14)24-2/h3-11H,12H2,1-2H3,(H2,19,21,22,23). The van der Waals surface area contributed by atoms with Crippen molar-refractivity contribution in [1.82, 2.24) is 15.0 Å². The molecule has 0 saturated heterocycles. The van der Waals surface area contributed by atoms with Gasteiger partial charge < -0.3 is 15.4 Å². The first-order chi connectivity index (χ1) is 11.8. The number of nitrogens with zero attached hydrogens (tertiary/aromatic N) is 3. The number of nitrogens with one attached hydrogen (secondary N) is 2. The van der Waals surface area contributed by atoms with Gasteiger partial charge in [0.2, 0.25) is 5.95 Å². The van der Waals surface area contributed by atoms with Crippen LogP contribution in [0, 0.1) is 0 Å². The molecule has 0 aliphatic heterocycles. The van der Waals surface area contributed by atoms with E-state index in [0.29, 0.717) is 12.5 Å². The molecule has 122 valence electrons. The molecule has 0 unspecified atom stereocenters. The van der Waals surface area contributed by atoms with E-state index in [9.17, 15) is 0 Å². The van der Waals surface area contributed by atoms with Crippen LogP contribution < -0.4 is 15.4 Å². The molecule has 1 aromatic carbocycles. The van der Waals surface area contributed by atoms with E-state index in [2.05, 4.69) is 25.6 Å². The Hall–Kier alpha value is -3.15. The average Bonchev–Trinajstić information content (AvgIpc) is 2.67. The van der Waals surface area contributed by atoms with Gasteiger partial charge in [-0.25, -0.2) is 4.98 Å². The van der Waals surface area contributed by atoms with Crippen molar-refractivity contribution < 1.29 is 4.74 Å². The Morgan fingerprint density at radius 2 is 1.83 bits per heavy atom. The number of anilines is 2. The number of ether oxygens (including phenoxy) is 1. The molecule has 6 heteroatoms. The number of hydrogen-bond donors (Lipinski definition) is 2. The normalized spacial score (nSPS) is 10.2. The predicted octanol–water partition coefficient (Wildman–Crippen LogP) is 3.20. The van der Waals surface area contributed by atoms with E-state index in [4.69, 9.17) is 4.74 Å². The maximum atomic E-state index is 5.38. The SMILES string of the molecule is CNc1nc(NCc2ccccc2OC)cc(-c2ccncc2)n1.